The SMILES string of the molecule is COCCCC/C=C/C[C@@H]1[C@@H](/C=C/[C@@H](O)CCc2ccccc2)[C@H](O)C[C@@H]1O. The Morgan fingerprint density at radius 3 is 2.64 bits per heavy atom. The van der Waals surface area contributed by atoms with Crippen LogP contribution in [0, 0.1) is 11.8 Å². The molecule has 1 aromatic rings. The molecule has 0 aromatic heterocycles. The minimum Gasteiger partial charge on any atom is -0.393 e. The first-order valence-corrected chi connectivity index (χ1v) is 10.5. The maximum atomic E-state index is 10.3. The van der Waals surface area contributed by atoms with E-state index in [1.807, 2.05) is 24.3 Å². The summed E-state index contributed by atoms with van der Waals surface area (Å²) in [5.74, 6) is -0.109. The lowest BCUT2D eigenvalue weighted by atomic mass is 9.89. The van der Waals surface area contributed by atoms with E-state index in [2.05, 4.69) is 24.3 Å². The van der Waals surface area contributed by atoms with Crippen molar-refractivity contribution in [3.63, 3.8) is 0 Å². The normalized spacial score (nSPS) is 26.4. The quantitative estimate of drug-likeness (QED) is 0.378. The van der Waals surface area contributed by atoms with Gasteiger partial charge in [0.1, 0.15) is 0 Å². The summed E-state index contributed by atoms with van der Waals surface area (Å²) in [5.41, 5.74) is 1.21. The Morgan fingerprint density at radius 2 is 1.89 bits per heavy atom. The highest BCUT2D eigenvalue weighted by molar-refractivity contribution is 5.15. The van der Waals surface area contributed by atoms with Crippen LogP contribution in [0.5, 0.6) is 0 Å². The molecule has 2 rings (SSSR count). The number of rotatable bonds is 12. The summed E-state index contributed by atoms with van der Waals surface area (Å²) < 4.78 is 5.05. The van der Waals surface area contributed by atoms with Gasteiger partial charge in [0.25, 0.3) is 0 Å². The van der Waals surface area contributed by atoms with Crippen LogP contribution in [0.25, 0.3) is 0 Å². The van der Waals surface area contributed by atoms with Gasteiger partial charge < -0.3 is 20.1 Å². The van der Waals surface area contributed by atoms with Crippen LogP contribution in [-0.4, -0.2) is 47.3 Å². The predicted molar refractivity (Wildman–Crippen MR) is 113 cm³/mol. The van der Waals surface area contributed by atoms with Crippen molar-refractivity contribution in [2.75, 3.05) is 13.7 Å². The van der Waals surface area contributed by atoms with Crippen LogP contribution < -0.4 is 0 Å². The Balaban J connectivity index is 1.79. The minimum absolute atomic E-state index is 0.00259. The number of allylic oxidation sites excluding steroid dienone is 2. The van der Waals surface area contributed by atoms with E-state index in [1.165, 1.54) is 5.56 Å². The fraction of sp³-hybridized carbons (Fsp3) is 0.583. The largest absolute Gasteiger partial charge is 0.393 e. The van der Waals surface area contributed by atoms with Crippen LogP contribution in [-0.2, 0) is 11.2 Å². The lowest BCUT2D eigenvalue weighted by Crippen LogP contribution is -2.20. The molecule has 4 heteroatoms. The van der Waals surface area contributed by atoms with Crippen molar-refractivity contribution in [2.24, 2.45) is 11.8 Å². The van der Waals surface area contributed by atoms with E-state index in [1.54, 1.807) is 13.2 Å². The van der Waals surface area contributed by atoms with Gasteiger partial charge in [-0.2, -0.15) is 0 Å². The van der Waals surface area contributed by atoms with Gasteiger partial charge in [0.2, 0.25) is 0 Å². The third-order valence-electron chi connectivity index (χ3n) is 5.59. The number of aliphatic hydroxyl groups is 3. The standard InChI is InChI=1S/C24H36O4/c1-28-17-9-4-2-3-8-12-21-22(24(27)18-23(21)26)16-15-20(25)14-13-19-10-6-5-7-11-19/h3,5-8,10-11,15-16,20-27H,2,4,9,12-14,17-18H2,1H3/b8-3+,16-15+/t20-,21+,22+,23-,24+/m0/s1. The number of hydrogen-bond acceptors (Lipinski definition) is 4. The number of ether oxygens (including phenoxy) is 1. The van der Waals surface area contributed by atoms with E-state index in [0.717, 1.165) is 38.7 Å². The van der Waals surface area contributed by atoms with Gasteiger partial charge in [-0.25, -0.2) is 0 Å². The van der Waals surface area contributed by atoms with Gasteiger partial charge in [-0.3, -0.25) is 0 Å². The molecule has 0 bridgehead atoms. The lowest BCUT2D eigenvalue weighted by molar-refractivity contribution is 0.120. The Hall–Kier alpha value is -1.46. The molecule has 3 N–H and O–H groups in total. The highest BCUT2D eigenvalue weighted by atomic mass is 16.5. The maximum absolute atomic E-state index is 10.3. The molecule has 0 saturated heterocycles. The Morgan fingerprint density at radius 1 is 1.11 bits per heavy atom. The second-order valence-corrected chi connectivity index (χ2v) is 7.78. The summed E-state index contributed by atoms with van der Waals surface area (Å²) in [7, 11) is 1.72. The minimum atomic E-state index is -0.548. The lowest BCUT2D eigenvalue weighted by Gasteiger charge is -2.19. The molecule has 1 aliphatic carbocycles. The summed E-state index contributed by atoms with van der Waals surface area (Å²) in [5, 5.41) is 30.9. The molecule has 5 atom stereocenters. The zero-order chi connectivity index (χ0) is 20.2. The highest BCUT2D eigenvalue weighted by Gasteiger charge is 2.39. The molecule has 1 aromatic carbocycles. The van der Waals surface area contributed by atoms with Crippen LogP contribution in [0.15, 0.2) is 54.6 Å². The molecular formula is C24H36O4. The second-order valence-electron chi connectivity index (χ2n) is 7.78. The molecule has 0 amide bonds. The molecule has 0 unspecified atom stereocenters. The molecule has 0 spiro atoms. The molecular weight excluding hydrogens is 352 g/mol. The van der Waals surface area contributed by atoms with Crippen molar-refractivity contribution < 1.29 is 20.1 Å². The first-order valence-electron chi connectivity index (χ1n) is 10.5. The maximum Gasteiger partial charge on any atom is 0.0724 e. The fourth-order valence-corrected chi connectivity index (χ4v) is 3.90. The topological polar surface area (TPSA) is 69.9 Å². The first-order chi connectivity index (χ1) is 13.6. The summed E-state index contributed by atoms with van der Waals surface area (Å²) in [6, 6.07) is 10.1. The van der Waals surface area contributed by atoms with Gasteiger partial charge in [-0.05, 0) is 50.0 Å². The predicted octanol–water partition coefficient (Wildman–Crippen LogP) is 3.66. The van der Waals surface area contributed by atoms with Gasteiger partial charge in [-0.15, -0.1) is 0 Å². The molecule has 4 nitrogen and oxygen atoms in total. The molecule has 0 radical (unpaired) electrons. The summed E-state index contributed by atoms with van der Waals surface area (Å²) in [4.78, 5) is 0. The van der Waals surface area contributed by atoms with E-state index in [9.17, 15) is 15.3 Å². The average molecular weight is 389 g/mol. The van der Waals surface area contributed by atoms with Gasteiger partial charge in [0.05, 0.1) is 18.3 Å². The van der Waals surface area contributed by atoms with Gasteiger partial charge in [0, 0.05) is 26.1 Å². The molecule has 28 heavy (non-hydrogen) atoms. The number of aryl methyl sites for hydroxylation is 1. The average Bonchev–Trinajstić information content (AvgIpc) is 2.97. The van der Waals surface area contributed by atoms with Crippen LogP contribution in [0.1, 0.15) is 44.1 Å². The van der Waals surface area contributed by atoms with Crippen molar-refractivity contribution in [1.29, 1.82) is 0 Å². The Bertz CT molecular complexity index is 584. The summed E-state index contributed by atoms with van der Waals surface area (Å²) in [6.07, 6.45) is 12.2. The van der Waals surface area contributed by atoms with E-state index in [0.29, 0.717) is 12.8 Å². The van der Waals surface area contributed by atoms with Crippen LogP contribution in [0.4, 0.5) is 0 Å². The fourth-order valence-electron chi connectivity index (χ4n) is 3.90. The smallest absolute Gasteiger partial charge is 0.0724 e. The van der Waals surface area contributed by atoms with Crippen molar-refractivity contribution in [2.45, 2.75) is 63.3 Å². The highest BCUT2D eigenvalue weighted by Crippen LogP contribution is 2.36. The van der Waals surface area contributed by atoms with Crippen LogP contribution >= 0.6 is 0 Å². The van der Waals surface area contributed by atoms with Crippen molar-refractivity contribution in [3.8, 4) is 0 Å². The zero-order valence-corrected chi connectivity index (χ0v) is 17.0. The van der Waals surface area contributed by atoms with Gasteiger partial charge in [-0.1, -0.05) is 54.6 Å². The molecule has 0 aliphatic heterocycles. The van der Waals surface area contributed by atoms with Gasteiger partial charge >= 0.3 is 0 Å². The van der Waals surface area contributed by atoms with Crippen molar-refractivity contribution in [1.82, 2.24) is 0 Å². The molecule has 156 valence electrons. The second kappa shape index (κ2) is 12.9. The van der Waals surface area contributed by atoms with Gasteiger partial charge in [0.15, 0.2) is 0 Å². The zero-order valence-electron chi connectivity index (χ0n) is 17.0. The number of methoxy groups -OCH3 is 1. The number of aliphatic hydroxyl groups excluding tert-OH is 3. The number of benzene rings is 1. The van der Waals surface area contributed by atoms with E-state index < -0.39 is 18.3 Å². The number of unbranched alkanes of at least 4 members (excludes halogenated alkanes) is 2. The van der Waals surface area contributed by atoms with E-state index in [-0.39, 0.29) is 11.8 Å². The summed E-state index contributed by atoms with van der Waals surface area (Å²) in [6.45, 7) is 0.792. The monoisotopic (exact) mass is 388 g/mol. The third-order valence-corrected chi connectivity index (χ3v) is 5.59. The third kappa shape index (κ3) is 7.88. The van der Waals surface area contributed by atoms with Crippen molar-refractivity contribution in [3.05, 3.63) is 60.2 Å². The number of hydrogen-bond donors (Lipinski definition) is 3. The molecule has 1 saturated carbocycles. The van der Waals surface area contributed by atoms with E-state index >= 15 is 0 Å². The molecule has 1 aliphatic rings. The molecule has 0 heterocycles. The summed E-state index contributed by atoms with van der Waals surface area (Å²) >= 11 is 0. The van der Waals surface area contributed by atoms with Crippen molar-refractivity contribution >= 4 is 0 Å². The molecule has 1 fully saturated rings. The Labute approximate surface area is 169 Å². The van der Waals surface area contributed by atoms with Crippen LogP contribution in [0.3, 0.4) is 0 Å². The Kier molecular flexibility index (Phi) is 10.5. The van der Waals surface area contributed by atoms with E-state index in [4.69, 9.17) is 4.74 Å². The first kappa shape index (κ1) is 22.8. The van der Waals surface area contributed by atoms with Crippen LogP contribution in [0.2, 0.25) is 0 Å².